The molecule has 1 aliphatic carbocycles. The molecule has 0 spiro atoms. The minimum absolute atomic E-state index is 0.00229. The Balaban J connectivity index is 1.84. The maximum atomic E-state index is 13.3. The quantitative estimate of drug-likeness (QED) is 0.604. The number of aromatic hydroxyl groups is 1. The second kappa shape index (κ2) is 6.03. The van der Waals surface area contributed by atoms with Crippen LogP contribution in [0.2, 0.25) is 0 Å². The predicted molar refractivity (Wildman–Crippen MR) is 104 cm³/mol. The summed E-state index contributed by atoms with van der Waals surface area (Å²) < 4.78 is 0. The lowest BCUT2D eigenvalue weighted by atomic mass is 10.0. The van der Waals surface area contributed by atoms with E-state index in [9.17, 15) is 9.90 Å². The minimum atomic E-state index is -0.00229. The number of hydrazine groups is 1. The lowest BCUT2D eigenvalue weighted by molar-refractivity contribution is 0.104. The van der Waals surface area contributed by atoms with E-state index in [2.05, 4.69) is 21.9 Å². The van der Waals surface area contributed by atoms with Gasteiger partial charge in [0.05, 0.1) is 11.1 Å². The van der Waals surface area contributed by atoms with Gasteiger partial charge in [-0.3, -0.25) is 14.8 Å². The van der Waals surface area contributed by atoms with Crippen molar-refractivity contribution in [2.24, 2.45) is 0 Å². The molecule has 2 aromatic heterocycles. The first kappa shape index (κ1) is 16.2. The van der Waals surface area contributed by atoms with Gasteiger partial charge in [-0.25, -0.2) is 9.99 Å². The van der Waals surface area contributed by atoms with Gasteiger partial charge in [-0.15, -0.1) is 0 Å². The Morgan fingerprint density at radius 3 is 2.74 bits per heavy atom. The molecule has 0 atom stereocenters. The molecular weight excluding hydrogens is 340 g/mol. The van der Waals surface area contributed by atoms with E-state index in [1.54, 1.807) is 30.6 Å². The summed E-state index contributed by atoms with van der Waals surface area (Å²) in [6, 6.07) is 6.91. The van der Waals surface area contributed by atoms with Crippen LogP contribution in [0.3, 0.4) is 0 Å². The molecule has 1 aromatic carbocycles. The van der Waals surface area contributed by atoms with Crippen molar-refractivity contribution in [3.05, 3.63) is 47.8 Å². The third-order valence-corrected chi connectivity index (χ3v) is 5.48. The number of hydrogen-bond acceptors (Lipinski definition) is 6. The summed E-state index contributed by atoms with van der Waals surface area (Å²) in [5, 5.41) is 15.2. The molecule has 1 fully saturated rings. The molecular formula is C21H20N4O2. The first-order chi connectivity index (χ1) is 13.2. The Morgan fingerprint density at radius 1 is 1.15 bits per heavy atom. The van der Waals surface area contributed by atoms with Gasteiger partial charge < -0.3 is 5.11 Å². The zero-order valence-electron chi connectivity index (χ0n) is 15.1. The zero-order chi connectivity index (χ0) is 18.5. The fourth-order valence-corrected chi connectivity index (χ4v) is 4.27. The Bertz CT molecular complexity index is 1070. The molecule has 3 heterocycles. The summed E-state index contributed by atoms with van der Waals surface area (Å²) in [4.78, 5) is 22.4. The summed E-state index contributed by atoms with van der Waals surface area (Å²) in [5.74, 6) is 0.840. The monoisotopic (exact) mass is 360 g/mol. The highest BCUT2D eigenvalue weighted by molar-refractivity contribution is 6.27. The van der Waals surface area contributed by atoms with Crippen LogP contribution in [0.4, 0.5) is 5.82 Å². The number of nitrogens with zero attached hydrogens (tertiary/aromatic N) is 4. The Kier molecular flexibility index (Phi) is 3.62. The van der Waals surface area contributed by atoms with E-state index < -0.39 is 0 Å². The first-order valence-corrected chi connectivity index (χ1v) is 9.37. The third-order valence-electron chi connectivity index (χ3n) is 5.48. The van der Waals surface area contributed by atoms with Crippen LogP contribution < -0.4 is 5.01 Å². The average molecular weight is 360 g/mol. The van der Waals surface area contributed by atoms with Gasteiger partial charge in [0.1, 0.15) is 5.75 Å². The van der Waals surface area contributed by atoms with Gasteiger partial charge in [-0.1, -0.05) is 0 Å². The third kappa shape index (κ3) is 2.33. The second-order valence-electron chi connectivity index (χ2n) is 7.01. The van der Waals surface area contributed by atoms with Crippen molar-refractivity contribution < 1.29 is 9.90 Å². The number of phenolic OH excluding ortho intramolecular Hbond substituents is 1. The van der Waals surface area contributed by atoms with E-state index >= 15 is 0 Å². The number of hydrogen-bond donors (Lipinski definition) is 1. The van der Waals surface area contributed by atoms with Gasteiger partial charge >= 0.3 is 0 Å². The SMILES string of the molecule is CCN(c1nc2cc(O)ccc2c2c1C(=O)c1ccncc1-2)N1CCCC1. The van der Waals surface area contributed by atoms with Gasteiger partial charge in [0, 0.05) is 60.2 Å². The first-order valence-electron chi connectivity index (χ1n) is 9.37. The van der Waals surface area contributed by atoms with E-state index in [0.717, 1.165) is 49.0 Å². The summed E-state index contributed by atoms with van der Waals surface area (Å²) in [7, 11) is 0. The highest BCUT2D eigenvalue weighted by Gasteiger charge is 2.35. The van der Waals surface area contributed by atoms with E-state index in [4.69, 9.17) is 4.98 Å². The molecule has 136 valence electrons. The molecule has 0 saturated carbocycles. The van der Waals surface area contributed by atoms with Crippen LogP contribution in [0.15, 0.2) is 36.7 Å². The highest BCUT2D eigenvalue weighted by Crippen LogP contribution is 2.45. The molecule has 1 saturated heterocycles. The van der Waals surface area contributed by atoms with Gasteiger partial charge in [-0.2, -0.15) is 0 Å². The summed E-state index contributed by atoms with van der Waals surface area (Å²) in [5.41, 5.74) is 3.71. The van der Waals surface area contributed by atoms with Gasteiger partial charge in [0.25, 0.3) is 0 Å². The highest BCUT2D eigenvalue weighted by atomic mass is 16.3. The number of benzene rings is 1. The van der Waals surface area contributed by atoms with E-state index in [-0.39, 0.29) is 11.5 Å². The number of phenols is 1. The predicted octanol–water partition coefficient (Wildman–Crippen LogP) is 3.38. The van der Waals surface area contributed by atoms with Crippen LogP contribution in [0.25, 0.3) is 22.0 Å². The Labute approximate surface area is 157 Å². The maximum absolute atomic E-state index is 13.3. The largest absolute Gasteiger partial charge is 0.508 e. The van der Waals surface area contributed by atoms with Crippen molar-refractivity contribution >= 4 is 22.5 Å². The maximum Gasteiger partial charge on any atom is 0.198 e. The fourth-order valence-electron chi connectivity index (χ4n) is 4.27. The Morgan fingerprint density at radius 2 is 1.96 bits per heavy atom. The number of ketones is 1. The molecule has 0 bridgehead atoms. The van der Waals surface area contributed by atoms with Crippen LogP contribution in [-0.4, -0.2) is 45.5 Å². The van der Waals surface area contributed by atoms with Crippen molar-refractivity contribution in [2.45, 2.75) is 19.8 Å². The lowest BCUT2D eigenvalue weighted by Gasteiger charge is -2.33. The molecule has 1 N–H and O–H groups in total. The van der Waals surface area contributed by atoms with Gasteiger partial charge in [0.15, 0.2) is 11.6 Å². The molecule has 0 radical (unpaired) electrons. The van der Waals surface area contributed by atoms with Crippen molar-refractivity contribution in [3.8, 4) is 16.9 Å². The summed E-state index contributed by atoms with van der Waals surface area (Å²) in [6.07, 6.45) is 5.69. The van der Waals surface area contributed by atoms with Crippen LogP contribution in [-0.2, 0) is 0 Å². The van der Waals surface area contributed by atoms with Crippen LogP contribution in [0.5, 0.6) is 5.75 Å². The summed E-state index contributed by atoms with van der Waals surface area (Å²) in [6.45, 7) is 4.73. The average Bonchev–Trinajstić information content (AvgIpc) is 3.30. The smallest absolute Gasteiger partial charge is 0.198 e. The van der Waals surface area contributed by atoms with Crippen LogP contribution >= 0.6 is 0 Å². The number of carbonyl (C=O) groups is 1. The van der Waals surface area contributed by atoms with Crippen molar-refractivity contribution in [2.75, 3.05) is 24.6 Å². The van der Waals surface area contributed by atoms with Gasteiger partial charge in [-0.05, 0) is 38.0 Å². The van der Waals surface area contributed by atoms with Crippen LogP contribution in [0, 0.1) is 0 Å². The minimum Gasteiger partial charge on any atom is -0.508 e. The zero-order valence-corrected chi connectivity index (χ0v) is 15.1. The van der Waals surface area contributed by atoms with Crippen molar-refractivity contribution in [1.82, 2.24) is 15.0 Å². The molecule has 6 nitrogen and oxygen atoms in total. The van der Waals surface area contributed by atoms with Crippen LogP contribution in [0.1, 0.15) is 35.7 Å². The summed E-state index contributed by atoms with van der Waals surface area (Å²) >= 11 is 0. The lowest BCUT2D eigenvalue weighted by Crippen LogP contribution is -2.42. The normalized spacial score (nSPS) is 16.0. The van der Waals surface area contributed by atoms with E-state index in [1.807, 2.05) is 6.07 Å². The molecule has 2 aliphatic rings. The van der Waals surface area contributed by atoms with Crippen molar-refractivity contribution in [3.63, 3.8) is 0 Å². The number of pyridine rings is 2. The number of fused-ring (bicyclic) bond motifs is 5. The van der Waals surface area contributed by atoms with Gasteiger partial charge in [0.2, 0.25) is 0 Å². The number of aromatic nitrogens is 2. The molecule has 1 aliphatic heterocycles. The molecule has 3 aromatic rings. The van der Waals surface area contributed by atoms with E-state index in [0.29, 0.717) is 22.5 Å². The number of carbonyl (C=O) groups excluding carboxylic acids is 1. The second-order valence-corrected chi connectivity index (χ2v) is 7.01. The molecule has 0 amide bonds. The standard InChI is InChI=1S/C21H20N4O2/c1-2-25(24-9-3-4-10-24)21-19-18(15-6-5-13(26)11-17(15)23-21)16-12-22-8-7-14(16)20(19)27/h5-8,11-12,26H,2-4,9-10H2,1H3. The molecule has 5 rings (SSSR count). The number of rotatable bonds is 3. The number of anilines is 1. The van der Waals surface area contributed by atoms with Crippen molar-refractivity contribution in [1.29, 1.82) is 0 Å². The molecule has 27 heavy (non-hydrogen) atoms. The van der Waals surface area contributed by atoms with E-state index in [1.165, 1.54) is 0 Å². The topological polar surface area (TPSA) is 69.6 Å². The Hall–Kier alpha value is -2.99. The fraction of sp³-hybridized carbons (Fsp3) is 0.286. The molecule has 0 unspecified atom stereocenters. The molecule has 6 heteroatoms.